The Morgan fingerprint density at radius 3 is 2.72 bits per heavy atom. The molecule has 0 saturated heterocycles. The first-order valence-electron chi connectivity index (χ1n) is 9.52. The number of carbonyl (C=O) groups is 1. The molecule has 29 heavy (non-hydrogen) atoms. The van der Waals surface area contributed by atoms with Crippen LogP contribution in [0.3, 0.4) is 0 Å². The lowest BCUT2D eigenvalue weighted by Gasteiger charge is -2.15. The summed E-state index contributed by atoms with van der Waals surface area (Å²) in [5.41, 5.74) is 3.18. The van der Waals surface area contributed by atoms with Crippen LogP contribution in [0.1, 0.15) is 30.0 Å². The number of nitrogens with zero attached hydrogens (tertiary/aromatic N) is 1. The molecule has 2 aromatic rings. The summed E-state index contributed by atoms with van der Waals surface area (Å²) >= 11 is 0. The topological polar surface area (TPSA) is 60.5 Å². The number of allylic oxidation sites excluding steroid dienone is 2. The van der Waals surface area contributed by atoms with Crippen molar-refractivity contribution in [2.24, 2.45) is 0 Å². The highest BCUT2D eigenvalue weighted by molar-refractivity contribution is 6.01. The second kappa shape index (κ2) is 11.0. The minimum atomic E-state index is -0.362. The first-order valence-corrected chi connectivity index (χ1v) is 9.52. The van der Waals surface area contributed by atoms with Gasteiger partial charge in [-0.25, -0.2) is 4.39 Å². The van der Waals surface area contributed by atoms with Gasteiger partial charge in [-0.15, -0.1) is 0 Å². The molecule has 1 aromatic carbocycles. The van der Waals surface area contributed by atoms with E-state index in [9.17, 15) is 9.18 Å². The molecule has 5 nitrogen and oxygen atoms in total. The van der Waals surface area contributed by atoms with Crippen molar-refractivity contribution in [2.45, 2.75) is 26.7 Å². The van der Waals surface area contributed by atoms with Gasteiger partial charge in [0.1, 0.15) is 11.6 Å². The van der Waals surface area contributed by atoms with Gasteiger partial charge >= 0.3 is 0 Å². The van der Waals surface area contributed by atoms with E-state index >= 15 is 0 Å². The van der Waals surface area contributed by atoms with Gasteiger partial charge in [0.2, 0.25) is 0 Å². The summed E-state index contributed by atoms with van der Waals surface area (Å²) in [5.74, 6) is 0.317. The van der Waals surface area contributed by atoms with Gasteiger partial charge in [-0.2, -0.15) is 0 Å². The summed E-state index contributed by atoms with van der Waals surface area (Å²) in [6.07, 6.45) is 5.68. The van der Waals surface area contributed by atoms with Gasteiger partial charge in [-0.1, -0.05) is 18.7 Å². The molecule has 6 heteroatoms. The number of amides is 1. The number of halogens is 1. The van der Waals surface area contributed by atoms with Crippen LogP contribution in [0, 0.1) is 12.7 Å². The molecular formula is C23H27FN2O3. The number of methoxy groups -OCH3 is 1. The summed E-state index contributed by atoms with van der Waals surface area (Å²) < 4.78 is 24.1. The van der Waals surface area contributed by atoms with Crippen molar-refractivity contribution in [3.63, 3.8) is 0 Å². The molecule has 154 valence electrons. The summed E-state index contributed by atoms with van der Waals surface area (Å²) in [4.78, 5) is 16.6. The van der Waals surface area contributed by atoms with Gasteiger partial charge < -0.3 is 14.8 Å². The Balaban J connectivity index is 2.11. The van der Waals surface area contributed by atoms with E-state index in [0.29, 0.717) is 31.6 Å². The predicted molar refractivity (Wildman–Crippen MR) is 112 cm³/mol. The highest BCUT2D eigenvalue weighted by Gasteiger charge is 2.17. The van der Waals surface area contributed by atoms with Gasteiger partial charge in [-0.05, 0) is 61.6 Å². The van der Waals surface area contributed by atoms with Gasteiger partial charge in [0.25, 0.3) is 5.91 Å². The Hall–Kier alpha value is -3.15. The highest BCUT2D eigenvalue weighted by atomic mass is 19.1. The zero-order chi connectivity index (χ0) is 21.2. The standard InChI is InChI=1S/C23H27FN2O3/c1-5-20(18-9-10-21(28-4)16(3)12-18)22(29-6-2)23(27)26-11-7-8-17-13-19(24)15-25-14-17/h5,9-10,12-15H,1,6-8,11H2,2-4H3,(H,26,27)/b22-20+. The molecule has 0 aliphatic rings. The molecular weight excluding hydrogens is 371 g/mol. The average molecular weight is 398 g/mol. The normalized spacial score (nSPS) is 11.4. The van der Waals surface area contributed by atoms with Crippen molar-refractivity contribution in [1.82, 2.24) is 10.3 Å². The molecule has 0 radical (unpaired) electrons. The lowest BCUT2D eigenvalue weighted by molar-refractivity contribution is -0.120. The van der Waals surface area contributed by atoms with E-state index in [-0.39, 0.29) is 17.5 Å². The van der Waals surface area contributed by atoms with Crippen molar-refractivity contribution >= 4 is 11.5 Å². The number of hydrogen-bond acceptors (Lipinski definition) is 4. The van der Waals surface area contributed by atoms with Crippen LogP contribution in [0.15, 0.2) is 55.1 Å². The summed E-state index contributed by atoms with van der Waals surface area (Å²) in [5, 5.41) is 2.87. The van der Waals surface area contributed by atoms with E-state index in [1.807, 2.05) is 32.0 Å². The predicted octanol–water partition coefficient (Wildman–Crippen LogP) is 4.22. The Kier molecular flexibility index (Phi) is 8.40. The molecule has 1 N–H and O–H groups in total. The molecule has 0 unspecified atom stereocenters. The van der Waals surface area contributed by atoms with Crippen molar-refractivity contribution < 1.29 is 18.7 Å². The number of rotatable bonds is 10. The van der Waals surface area contributed by atoms with E-state index in [1.165, 1.54) is 12.3 Å². The lowest BCUT2D eigenvalue weighted by atomic mass is 10.0. The average Bonchev–Trinajstić information content (AvgIpc) is 2.71. The minimum Gasteiger partial charge on any atom is -0.496 e. The molecule has 2 rings (SSSR count). The summed E-state index contributed by atoms with van der Waals surface area (Å²) in [6.45, 7) is 8.39. The quantitative estimate of drug-likeness (QED) is 0.282. The number of benzene rings is 1. The van der Waals surface area contributed by atoms with Crippen LogP contribution >= 0.6 is 0 Å². The van der Waals surface area contributed by atoms with E-state index in [4.69, 9.17) is 9.47 Å². The second-order valence-electron chi connectivity index (χ2n) is 6.44. The summed E-state index contributed by atoms with van der Waals surface area (Å²) in [7, 11) is 1.62. The Bertz CT molecular complexity index is 893. The molecule has 0 fully saturated rings. The molecule has 0 bridgehead atoms. The van der Waals surface area contributed by atoms with Crippen molar-refractivity contribution in [2.75, 3.05) is 20.3 Å². The van der Waals surface area contributed by atoms with Gasteiger partial charge in [0.15, 0.2) is 5.76 Å². The third-order valence-corrected chi connectivity index (χ3v) is 4.34. The molecule has 0 spiro atoms. The number of aromatic nitrogens is 1. The maximum absolute atomic E-state index is 13.2. The molecule has 0 aliphatic carbocycles. The Morgan fingerprint density at radius 2 is 2.10 bits per heavy atom. The monoisotopic (exact) mass is 398 g/mol. The van der Waals surface area contributed by atoms with Crippen LogP contribution in [0.25, 0.3) is 5.57 Å². The fraction of sp³-hybridized carbons (Fsp3) is 0.304. The molecule has 0 saturated carbocycles. The summed E-state index contributed by atoms with van der Waals surface area (Å²) in [6, 6.07) is 7.09. The minimum absolute atomic E-state index is 0.222. The third-order valence-electron chi connectivity index (χ3n) is 4.34. The van der Waals surface area contributed by atoms with Crippen LogP contribution in [0.4, 0.5) is 4.39 Å². The van der Waals surface area contributed by atoms with Crippen molar-refractivity contribution in [3.8, 4) is 5.75 Å². The number of aryl methyl sites for hydroxylation is 2. The number of ether oxygens (including phenoxy) is 2. The Morgan fingerprint density at radius 1 is 1.31 bits per heavy atom. The van der Waals surface area contributed by atoms with Gasteiger partial charge in [-0.3, -0.25) is 9.78 Å². The zero-order valence-corrected chi connectivity index (χ0v) is 17.1. The second-order valence-corrected chi connectivity index (χ2v) is 6.44. The van der Waals surface area contributed by atoms with Gasteiger partial charge in [0, 0.05) is 18.3 Å². The number of pyridine rings is 1. The number of hydrogen-bond donors (Lipinski definition) is 1. The first-order chi connectivity index (χ1) is 14.0. The van der Waals surface area contributed by atoms with Gasteiger partial charge in [0.05, 0.1) is 19.9 Å². The number of carbonyl (C=O) groups excluding carboxylic acids is 1. The Labute approximate surface area is 171 Å². The van der Waals surface area contributed by atoms with Crippen LogP contribution in [0.5, 0.6) is 5.75 Å². The maximum atomic E-state index is 13.2. The maximum Gasteiger partial charge on any atom is 0.287 e. The fourth-order valence-electron chi connectivity index (χ4n) is 2.96. The lowest BCUT2D eigenvalue weighted by Crippen LogP contribution is -2.28. The van der Waals surface area contributed by atoms with Crippen LogP contribution in [0.2, 0.25) is 0 Å². The van der Waals surface area contributed by atoms with Crippen LogP contribution in [-0.4, -0.2) is 31.2 Å². The van der Waals surface area contributed by atoms with E-state index < -0.39 is 0 Å². The highest BCUT2D eigenvalue weighted by Crippen LogP contribution is 2.26. The molecule has 1 aromatic heterocycles. The number of nitrogens with one attached hydrogen (secondary N) is 1. The zero-order valence-electron chi connectivity index (χ0n) is 17.1. The van der Waals surface area contributed by atoms with Crippen LogP contribution in [-0.2, 0) is 16.0 Å². The van der Waals surface area contributed by atoms with Crippen molar-refractivity contribution in [3.05, 3.63) is 77.6 Å². The van der Waals surface area contributed by atoms with E-state index in [2.05, 4.69) is 16.9 Å². The first kappa shape index (κ1) is 22.1. The van der Waals surface area contributed by atoms with E-state index in [1.54, 1.807) is 19.4 Å². The third kappa shape index (κ3) is 6.17. The van der Waals surface area contributed by atoms with Crippen molar-refractivity contribution in [1.29, 1.82) is 0 Å². The molecule has 1 heterocycles. The largest absolute Gasteiger partial charge is 0.496 e. The van der Waals surface area contributed by atoms with Crippen LogP contribution < -0.4 is 10.1 Å². The molecule has 0 aliphatic heterocycles. The smallest absolute Gasteiger partial charge is 0.287 e. The SMILES string of the molecule is C=C/C(=C(\OCC)C(=O)NCCCc1cncc(F)c1)c1ccc(OC)c(C)c1. The van der Waals surface area contributed by atoms with E-state index in [0.717, 1.165) is 22.4 Å². The molecule has 1 amide bonds. The molecule has 0 atom stereocenters. The fourth-order valence-corrected chi connectivity index (χ4v) is 2.96.